The number of esters is 1. The van der Waals surface area contributed by atoms with Crippen LogP contribution in [0.5, 0.6) is 0 Å². The van der Waals surface area contributed by atoms with Gasteiger partial charge in [0.15, 0.2) is 22.8 Å². The number of cyclic esters (lactones) is 1. The Balaban J connectivity index is 0.000000211. The Hall–Kier alpha value is -1.77. The Labute approximate surface area is 297 Å². The minimum absolute atomic E-state index is 0.145. The van der Waals surface area contributed by atoms with Gasteiger partial charge in [-0.15, -0.1) is 28.6 Å². The molecule has 0 aliphatic carbocycles. The highest BCUT2D eigenvalue weighted by Crippen LogP contribution is 2.43. The van der Waals surface area contributed by atoms with Crippen molar-refractivity contribution < 1.29 is 28.2 Å². The molecule has 0 bridgehead atoms. The van der Waals surface area contributed by atoms with E-state index >= 15 is 0 Å². The highest BCUT2D eigenvalue weighted by molar-refractivity contribution is 9.10. The SMILES string of the molecule is CC[C@H]1OC(=O)[C@H](F)[C@@H]1C.CC[C@H]1O[C@@](O)(c2cnc(C(=NC(=N)SC)SC)[nH]2)[C@H](F)[C@@H]1C.CSc1nc(SC)c2ncc(Br)n2n1. The van der Waals surface area contributed by atoms with Crippen molar-refractivity contribution in [3.8, 4) is 0 Å². The van der Waals surface area contributed by atoms with E-state index in [-0.39, 0.29) is 29.0 Å². The van der Waals surface area contributed by atoms with Crippen LogP contribution < -0.4 is 0 Å². The number of hydrogen-bond acceptors (Lipinski definition) is 13. The van der Waals surface area contributed by atoms with Gasteiger partial charge in [-0.05, 0) is 53.8 Å². The molecule has 0 amide bonds. The number of carbonyl (C=O) groups is 1. The molecule has 0 saturated carbocycles. The average Bonchev–Trinajstić information content (AvgIpc) is 3.84. The van der Waals surface area contributed by atoms with E-state index in [1.54, 1.807) is 42.6 Å². The van der Waals surface area contributed by atoms with Crippen molar-refractivity contribution in [3.63, 3.8) is 0 Å². The molecular weight excluding hydrogens is 759 g/mol. The quantitative estimate of drug-likeness (QED) is 0.110. The second kappa shape index (κ2) is 17.8. The number of ether oxygens (including phenoxy) is 2. The number of aromatic nitrogens is 6. The first-order valence-electron chi connectivity index (χ1n) is 14.5. The summed E-state index contributed by atoms with van der Waals surface area (Å²) in [6.45, 7) is 7.20. The van der Waals surface area contributed by atoms with Crippen molar-refractivity contribution in [1.29, 1.82) is 5.41 Å². The number of aromatic amines is 1. The minimum atomic E-state index is -2.03. The third-order valence-electron chi connectivity index (χ3n) is 7.50. The number of rotatable bonds is 6. The average molecular weight is 798 g/mol. The number of amidine groups is 1. The normalized spacial score (nSPS) is 27.2. The molecule has 2 aliphatic heterocycles. The fraction of sp³-hybridized carbons (Fsp3) is 0.607. The van der Waals surface area contributed by atoms with Gasteiger partial charge in [0.2, 0.25) is 17.1 Å². The van der Waals surface area contributed by atoms with Gasteiger partial charge in [0, 0.05) is 11.8 Å². The van der Waals surface area contributed by atoms with Gasteiger partial charge in [0.05, 0.1) is 24.2 Å². The molecule has 3 N–H and O–H groups in total. The molecule has 5 heterocycles. The maximum Gasteiger partial charge on any atom is 0.341 e. The van der Waals surface area contributed by atoms with Crippen LogP contribution in [-0.2, 0) is 20.1 Å². The van der Waals surface area contributed by atoms with Gasteiger partial charge in [-0.25, -0.2) is 38.0 Å². The Morgan fingerprint density at radius 3 is 2.28 bits per heavy atom. The van der Waals surface area contributed by atoms with Crippen LogP contribution >= 0.6 is 63.0 Å². The Bertz CT molecular complexity index is 1570. The number of aliphatic imine (C=N–C) groups is 1. The summed E-state index contributed by atoms with van der Waals surface area (Å²) in [6, 6.07) is 0. The van der Waals surface area contributed by atoms with Gasteiger partial charge in [-0.2, -0.15) is 0 Å². The summed E-state index contributed by atoms with van der Waals surface area (Å²) in [6.07, 6.45) is 8.42. The summed E-state index contributed by atoms with van der Waals surface area (Å²) in [5.74, 6) is -3.02. The molecule has 3 aromatic heterocycles. The zero-order valence-corrected chi connectivity index (χ0v) is 32.0. The smallest absolute Gasteiger partial charge is 0.341 e. The lowest BCUT2D eigenvalue weighted by Crippen LogP contribution is -2.35. The standard InChI is InChI=1S/C14H21FN4O2S2.C7H7BrN4S2.C7H11FO2/c1-5-8-7(2)10(15)14(20,21-8)9-6-17-11(18-9)12(22-3)19-13(16)23-4;1-13-6-5-9-3-4(8)12(5)11-7(10-6)14-2;1-3-5-4(2)6(8)7(9)10-5/h6-8,10,16,20H,5H2,1-4H3,(H,17,18);3H,1-2H3;4-6H,3H2,1-2H3/t7-,8-,10-,14+;;4-,5-,6-/m1.1/s1. The highest BCUT2D eigenvalue weighted by atomic mass is 79.9. The van der Waals surface area contributed by atoms with E-state index in [1.165, 1.54) is 41.5 Å². The second-order valence-electron chi connectivity index (χ2n) is 10.4. The summed E-state index contributed by atoms with van der Waals surface area (Å²) in [4.78, 5) is 30.3. The molecule has 2 aliphatic rings. The maximum atomic E-state index is 14.5. The van der Waals surface area contributed by atoms with Crippen LogP contribution in [0.3, 0.4) is 0 Å². The lowest BCUT2D eigenvalue weighted by Gasteiger charge is -2.23. The summed E-state index contributed by atoms with van der Waals surface area (Å²) in [7, 11) is 0. The van der Waals surface area contributed by atoms with Crippen LogP contribution in [0.1, 0.15) is 52.1 Å². The molecule has 5 rings (SSSR count). The monoisotopic (exact) mass is 796 g/mol. The molecule has 0 radical (unpaired) electrons. The van der Waals surface area contributed by atoms with Crippen LogP contribution in [-0.4, -0.2) is 100 Å². The molecule has 2 saturated heterocycles. The molecule has 47 heavy (non-hydrogen) atoms. The van der Waals surface area contributed by atoms with Crippen LogP contribution in [0.15, 0.2) is 32.2 Å². The fourth-order valence-corrected chi connectivity index (χ4v) is 6.75. The van der Waals surface area contributed by atoms with E-state index < -0.39 is 30.0 Å². The van der Waals surface area contributed by atoms with Gasteiger partial charge in [-0.3, -0.25) is 5.41 Å². The van der Waals surface area contributed by atoms with Gasteiger partial charge in [-0.1, -0.05) is 51.2 Å². The van der Waals surface area contributed by atoms with Crippen molar-refractivity contribution in [2.24, 2.45) is 16.8 Å². The van der Waals surface area contributed by atoms with Gasteiger partial charge < -0.3 is 19.6 Å². The number of nitrogens with zero attached hydrogens (tertiary/aromatic N) is 6. The van der Waals surface area contributed by atoms with E-state index in [2.05, 4.69) is 46.0 Å². The maximum absolute atomic E-state index is 14.5. The van der Waals surface area contributed by atoms with Gasteiger partial charge in [0.25, 0.3) is 0 Å². The molecular formula is C28H39BrF2N8O4S4. The lowest BCUT2D eigenvalue weighted by atomic mass is 9.95. The van der Waals surface area contributed by atoms with E-state index in [0.29, 0.717) is 23.7 Å². The molecule has 0 spiro atoms. The Morgan fingerprint density at radius 1 is 1.11 bits per heavy atom. The Morgan fingerprint density at radius 2 is 1.79 bits per heavy atom. The first-order valence-corrected chi connectivity index (χ1v) is 20.2. The van der Waals surface area contributed by atoms with Crippen LogP contribution in [0, 0.1) is 17.2 Å². The predicted molar refractivity (Wildman–Crippen MR) is 189 cm³/mol. The molecule has 3 aromatic rings. The number of carbonyl (C=O) groups excluding carboxylic acids is 1. The first kappa shape index (κ1) is 39.7. The minimum Gasteiger partial charge on any atom is -0.460 e. The molecule has 2 fully saturated rings. The summed E-state index contributed by atoms with van der Waals surface area (Å²) < 4.78 is 40.1. The zero-order valence-electron chi connectivity index (χ0n) is 27.2. The number of thioether (sulfide) groups is 4. The van der Waals surface area contributed by atoms with Crippen molar-refractivity contribution in [2.45, 2.75) is 81.1 Å². The number of aliphatic hydroxyl groups is 1. The van der Waals surface area contributed by atoms with Crippen LogP contribution in [0.2, 0.25) is 0 Å². The predicted octanol–water partition coefficient (Wildman–Crippen LogP) is 6.37. The topological polar surface area (TPSA) is 164 Å². The molecule has 0 unspecified atom stereocenters. The number of nitrogens with one attached hydrogen (secondary N) is 2. The van der Waals surface area contributed by atoms with Crippen molar-refractivity contribution in [3.05, 3.63) is 28.5 Å². The van der Waals surface area contributed by atoms with Crippen LogP contribution in [0.4, 0.5) is 8.78 Å². The molecule has 7 atom stereocenters. The number of alkyl halides is 2. The first-order chi connectivity index (χ1) is 22.3. The number of imidazole rings is 2. The van der Waals surface area contributed by atoms with Gasteiger partial charge in [0.1, 0.15) is 20.8 Å². The van der Waals surface area contributed by atoms with Crippen molar-refractivity contribution >= 4 is 84.8 Å². The van der Waals surface area contributed by atoms with Crippen LogP contribution in [0.25, 0.3) is 5.65 Å². The number of hydrogen-bond donors (Lipinski definition) is 3. The fourth-order valence-electron chi connectivity index (χ4n) is 4.77. The second-order valence-corrected chi connectivity index (χ2v) is 14.3. The molecule has 0 aromatic carbocycles. The molecule has 12 nitrogen and oxygen atoms in total. The summed E-state index contributed by atoms with van der Waals surface area (Å²) in [5, 5.41) is 24.9. The largest absolute Gasteiger partial charge is 0.460 e. The number of halogens is 3. The summed E-state index contributed by atoms with van der Waals surface area (Å²) in [5.41, 5.74) is 0.961. The summed E-state index contributed by atoms with van der Waals surface area (Å²) >= 11 is 9.00. The van der Waals surface area contributed by atoms with Gasteiger partial charge >= 0.3 is 5.97 Å². The van der Waals surface area contributed by atoms with E-state index in [1.807, 2.05) is 32.6 Å². The van der Waals surface area contributed by atoms with E-state index in [4.69, 9.17) is 14.9 Å². The molecule has 19 heteroatoms. The number of H-pyrrole nitrogens is 1. The Kier molecular flexibility index (Phi) is 15.0. The zero-order chi connectivity index (χ0) is 35.1. The van der Waals surface area contributed by atoms with E-state index in [9.17, 15) is 18.7 Å². The van der Waals surface area contributed by atoms with Crippen molar-refractivity contribution in [2.75, 3.05) is 25.0 Å². The lowest BCUT2D eigenvalue weighted by molar-refractivity contribution is -0.226. The third-order valence-corrected chi connectivity index (χ3v) is 10.4. The highest BCUT2D eigenvalue weighted by Gasteiger charge is 2.54. The van der Waals surface area contributed by atoms with E-state index in [0.717, 1.165) is 20.4 Å². The molecule has 260 valence electrons. The number of fused-ring (bicyclic) bond motifs is 1. The van der Waals surface area contributed by atoms with Crippen molar-refractivity contribution in [1.82, 2.24) is 29.5 Å². The third kappa shape index (κ3) is 9.08.